The highest BCUT2D eigenvalue weighted by atomic mass is 32.2. The van der Waals surface area contributed by atoms with Crippen molar-refractivity contribution in [3.63, 3.8) is 0 Å². The number of hydrogen-bond donors (Lipinski definition) is 2. The molecule has 2 aromatic carbocycles. The molecule has 2 aromatic rings. The van der Waals surface area contributed by atoms with Gasteiger partial charge in [0.05, 0.1) is 4.90 Å². The molecule has 5 nitrogen and oxygen atoms in total. The van der Waals surface area contributed by atoms with Crippen LogP contribution < -0.4 is 10.0 Å². The topological polar surface area (TPSA) is 75.3 Å². The first-order chi connectivity index (χ1) is 12.8. The van der Waals surface area contributed by atoms with Crippen LogP contribution in [0.4, 0.5) is 5.69 Å². The summed E-state index contributed by atoms with van der Waals surface area (Å²) >= 11 is 1.62. The van der Waals surface area contributed by atoms with Crippen LogP contribution in [0.3, 0.4) is 0 Å². The summed E-state index contributed by atoms with van der Waals surface area (Å²) in [6, 6.07) is 14.4. The van der Waals surface area contributed by atoms with Crippen LogP contribution >= 0.6 is 11.8 Å². The van der Waals surface area contributed by atoms with E-state index in [-0.39, 0.29) is 16.7 Å². The Morgan fingerprint density at radius 3 is 2.44 bits per heavy atom. The Balaban J connectivity index is 1.89. The quantitative estimate of drug-likeness (QED) is 0.619. The van der Waals surface area contributed by atoms with Gasteiger partial charge in [-0.05, 0) is 54.5 Å². The van der Waals surface area contributed by atoms with E-state index in [0.717, 1.165) is 16.1 Å². The molecule has 0 radical (unpaired) electrons. The molecular weight excluding hydrogens is 380 g/mol. The molecule has 0 aliphatic heterocycles. The van der Waals surface area contributed by atoms with Crippen LogP contribution in [0, 0.1) is 5.92 Å². The van der Waals surface area contributed by atoms with Crippen LogP contribution in [0.2, 0.25) is 0 Å². The minimum atomic E-state index is -3.48. The Hall–Kier alpha value is -1.83. The van der Waals surface area contributed by atoms with Gasteiger partial charge in [0.2, 0.25) is 15.9 Å². The summed E-state index contributed by atoms with van der Waals surface area (Å²) < 4.78 is 27.0. The van der Waals surface area contributed by atoms with Crippen molar-refractivity contribution in [3.8, 4) is 0 Å². The number of hydrogen-bond acceptors (Lipinski definition) is 4. The molecule has 7 heteroatoms. The van der Waals surface area contributed by atoms with E-state index in [1.54, 1.807) is 36.0 Å². The molecule has 0 heterocycles. The molecule has 0 saturated carbocycles. The highest BCUT2D eigenvalue weighted by molar-refractivity contribution is 7.98. The summed E-state index contributed by atoms with van der Waals surface area (Å²) in [6.07, 6.45) is 2.87. The van der Waals surface area contributed by atoms with Crippen LogP contribution in [0.5, 0.6) is 0 Å². The highest BCUT2D eigenvalue weighted by Crippen LogP contribution is 2.19. The molecule has 0 atom stereocenters. The second-order valence-corrected chi connectivity index (χ2v) is 9.32. The van der Waals surface area contributed by atoms with Crippen molar-refractivity contribution in [2.75, 3.05) is 18.1 Å². The van der Waals surface area contributed by atoms with E-state index in [2.05, 4.69) is 10.0 Å². The maximum absolute atomic E-state index is 12.2. The fraction of sp³-hybridized carbons (Fsp3) is 0.350. The van der Waals surface area contributed by atoms with Crippen LogP contribution in [-0.4, -0.2) is 27.1 Å². The number of sulfonamides is 1. The van der Waals surface area contributed by atoms with Crippen molar-refractivity contribution in [1.82, 2.24) is 4.72 Å². The van der Waals surface area contributed by atoms with Gasteiger partial charge in [-0.25, -0.2) is 13.1 Å². The second kappa shape index (κ2) is 9.92. The maximum Gasteiger partial charge on any atom is 0.240 e. The minimum Gasteiger partial charge on any atom is -0.326 e. The Morgan fingerprint density at radius 1 is 1.11 bits per heavy atom. The third-order valence-corrected chi connectivity index (χ3v) is 6.07. The first kappa shape index (κ1) is 21.5. The first-order valence-corrected chi connectivity index (χ1v) is 11.5. The normalized spacial score (nSPS) is 11.6. The maximum atomic E-state index is 12.2. The lowest BCUT2D eigenvalue weighted by molar-refractivity contribution is -0.116. The summed E-state index contributed by atoms with van der Waals surface area (Å²) in [4.78, 5) is 13.5. The Bertz CT molecular complexity index is 863. The summed E-state index contributed by atoms with van der Waals surface area (Å²) in [6.45, 7) is 4.31. The largest absolute Gasteiger partial charge is 0.326 e. The van der Waals surface area contributed by atoms with Crippen molar-refractivity contribution in [2.24, 2.45) is 5.92 Å². The number of carbonyl (C=O) groups excluding carboxylic acids is 1. The number of nitrogens with one attached hydrogen (secondary N) is 2. The molecule has 2 rings (SSSR count). The van der Waals surface area contributed by atoms with E-state index < -0.39 is 10.0 Å². The van der Waals surface area contributed by atoms with Gasteiger partial charge in [-0.1, -0.05) is 32.0 Å². The minimum absolute atomic E-state index is 0.0662. The number of carbonyl (C=O) groups is 1. The molecule has 0 aliphatic carbocycles. The summed E-state index contributed by atoms with van der Waals surface area (Å²) in [5.41, 5.74) is 1.70. The Labute approximate surface area is 166 Å². The van der Waals surface area contributed by atoms with Gasteiger partial charge in [0, 0.05) is 23.5 Å². The lowest BCUT2D eigenvalue weighted by Gasteiger charge is -2.10. The fourth-order valence-corrected chi connectivity index (χ4v) is 4.05. The zero-order valence-electron chi connectivity index (χ0n) is 15.9. The van der Waals surface area contributed by atoms with Crippen molar-refractivity contribution in [3.05, 3.63) is 54.1 Å². The molecule has 1 amide bonds. The van der Waals surface area contributed by atoms with Crippen LogP contribution in [-0.2, 0) is 21.2 Å². The molecule has 0 fully saturated rings. The fourth-order valence-electron chi connectivity index (χ4n) is 2.38. The average Bonchev–Trinajstić information content (AvgIpc) is 2.65. The molecule has 27 heavy (non-hydrogen) atoms. The molecule has 0 aromatic heterocycles. The van der Waals surface area contributed by atoms with E-state index in [0.29, 0.717) is 19.4 Å². The van der Waals surface area contributed by atoms with Gasteiger partial charge in [-0.15, -0.1) is 11.8 Å². The number of thioether (sulfide) groups is 1. The molecule has 0 saturated heterocycles. The molecule has 0 unspecified atom stereocenters. The smallest absolute Gasteiger partial charge is 0.240 e. The third kappa shape index (κ3) is 7.01. The van der Waals surface area contributed by atoms with Gasteiger partial charge < -0.3 is 5.32 Å². The van der Waals surface area contributed by atoms with Crippen LogP contribution in [0.1, 0.15) is 25.8 Å². The van der Waals surface area contributed by atoms with E-state index in [4.69, 9.17) is 0 Å². The lowest BCUT2D eigenvalue weighted by Crippen LogP contribution is -2.27. The Morgan fingerprint density at radius 2 is 1.81 bits per heavy atom. The van der Waals surface area contributed by atoms with E-state index in [1.807, 2.05) is 44.4 Å². The van der Waals surface area contributed by atoms with Gasteiger partial charge in [0.1, 0.15) is 0 Å². The van der Waals surface area contributed by atoms with Gasteiger partial charge in [-0.3, -0.25) is 4.79 Å². The van der Waals surface area contributed by atoms with Gasteiger partial charge in [-0.2, -0.15) is 0 Å². The number of anilines is 1. The van der Waals surface area contributed by atoms with Gasteiger partial charge in [0.25, 0.3) is 0 Å². The molecule has 146 valence electrons. The zero-order valence-corrected chi connectivity index (χ0v) is 17.5. The number of aryl methyl sites for hydroxylation is 1. The number of benzene rings is 2. The first-order valence-electron chi connectivity index (χ1n) is 8.82. The van der Waals surface area contributed by atoms with Crippen molar-refractivity contribution in [1.29, 1.82) is 0 Å². The monoisotopic (exact) mass is 406 g/mol. The molecule has 2 N–H and O–H groups in total. The molecule has 0 spiro atoms. The number of amides is 1. The van der Waals surface area contributed by atoms with Gasteiger partial charge >= 0.3 is 0 Å². The van der Waals surface area contributed by atoms with Crippen molar-refractivity contribution >= 4 is 33.4 Å². The SMILES string of the molecule is CSc1cccc(NC(=O)CCc2ccc(S(=O)(=O)NCC(C)C)cc2)c1. The second-order valence-electron chi connectivity index (χ2n) is 6.67. The predicted octanol–water partition coefficient (Wildman–Crippen LogP) is 3.91. The summed E-state index contributed by atoms with van der Waals surface area (Å²) in [7, 11) is -3.48. The molecule has 0 bridgehead atoms. The van der Waals surface area contributed by atoms with Crippen LogP contribution in [0.25, 0.3) is 0 Å². The van der Waals surface area contributed by atoms with Crippen molar-refractivity contribution in [2.45, 2.75) is 36.5 Å². The third-order valence-electron chi connectivity index (χ3n) is 3.91. The van der Waals surface area contributed by atoms with E-state index in [1.165, 1.54) is 0 Å². The summed E-state index contributed by atoms with van der Waals surface area (Å²) in [5, 5.41) is 2.89. The van der Waals surface area contributed by atoms with Crippen molar-refractivity contribution < 1.29 is 13.2 Å². The van der Waals surface area contributed by atoms with Gasteiger partial charge in [0.15, 0.2) is 0 Å². The average molecular weight is 407 g/mol. The molecule has 0 aliphatic rings. The van der Waals surface area contributed by atoms with E-state index >= 15 is 0 Å². The lowest BCUT2D eigenvalue weighted by atomic mass is 10.1. The molecular formula is C20H26N2O3S2. The highest BCUT2D eigenvalue weighted by Gasteiger charge is 2.14. The standard InChI is InChI=1S/C20H26N2O3S2/c1-15(2)14-21-27(24,25)19-10-7-16(8-11-19)9-12-20(23)22-17-5-4-6-18(13-17)26-3/h4-8,10-11,13,15,21H,9,12,14H2,1-3H3,(H,22,23). The predicted molar refractivity (Wildman–Crippen MR) is 112 cm³/mol. The summed E-state index contributed by atoms with van der Waals surface area (Å²) in [5.74, 6) is 0.178. The zero-order chi connectivity index (χ0) is 19.9. The Kier molecular flexibility index (Phi) is 7.89. The van der Waals surface area contributed by atoms with Crippen LogP contribution in [0.15, 0.2) is 58.3 Å². The number of rotatable bonds is 9. The van der Waals surface area contributed by atoms with E-state index in [9.17, 15) is 13.2 Å².